The normalized spacial score (nSPS) is 16.2. The van der Waals surface area contributed by atoms with Gasteiger partial charge in [-0.2, -0.15) is 5.26 Å². The number of rotatable bonds is 5. The number of ether oxygens (including phenoxy) is 2. The smallest absolute Gasteiger partial charge is 0.257 e. The van der Waals surface area contributed by atoms with Crippen LogP contribution in [0.15, 0.2) is 48.5 Å². The van der Waals surface area contributed by atoms with Crippen molar-refractivity contribution < 1.29 is 14.3 Å². The Morgan fingerprint density at radius 3 is 2.68 bits per heavy atom. The summed E-state index contributed by atoms with van der Waals surface area (Å²) in [4.78, 5) is 14.5. The number of carbonyl (C=O) groups excluding carboxylic acids is 1. The Hall–Kier alpha value is -2.84. The Bertz CT molecular complexity index is 792. The van der Waals surface area contributed by atoms with Crippen molar-refractivity contribution in [3.63, 3.8) is 0 Å². The first-order valence-electron chi connectivity index (χ1n) is 8.28. The lowest BCUT2D eigenvalue weighted by Crippen LogP contribution is -2.32. The Labute approximate surface area is 147 Å². The molecule has 0 aliphatic carbocycles. The third kappa shape index (κ3) is 3.98. The van der Waals surface area contributed by atoms with Gasteiger partial charge in [0.05, 0.1) is 17.7 Å². The van der Waals surface area contributed by atoms with Gasteiger partial charge < -0.3 is 14.4 Å². The number of nitriles is 1. The van der Waals surface area contributed by atoms with Crippen molar-refractivity contribution in [2.24, 2.45) is 5.92 Å². The van der Waals surface area contributed by atoms with E-state index in [0.717, 1.165) is 13.0 Å². The molecule has 2 aromatic carbocycles. The molecule has 1 heterocycles. The SMILES string of the molecule is CN(CC1CCOC1)C(=O)c1ccccc1Oc1ccccc1C#N. The molecule has 25 heavy (non-hydrogen) atoms. The Morgan fingerprint density at radius 2 is 1.96 bits per heavy atom. The lowest BCUT2D eigenvalue weighted by molar-refractivity contribution is 0.0763. The zero-order valence-corrected chi connectivity index (χ0v) is 14.1. The zero-order chi connectivity index (χ0) is 17.6. The van der Waals surface area contributed by atoms with E-state index in [1.165, 1.54) is 0 Å². The van der Waals surface area contributed by atoms with Crippen LogP contribution in [0.5, 0.6) is 11.5 Å². The Balaban J connectivity index is 1.80. The van der Waals surface area contributed by atoms with Crippen molar-refractivity contribution in [2.45, 2.75) is 6.42 Å². The molecule has 3 rings (SSSR count). The molecular formula is C20H20N2O3. The van der Waals surface area contributed by atoms with Crippen molar-refractivity contribution in [3.05, 3.63) is 59.7 Å². The van der Waals surface area contributed by atoms with Crippen LogP contribution in [-0.2, 0) is 4.74 Å². The summed E-state index contributed by atoms with van der Waals surface area (Å²) < 4.78 is 11.3. The number of carbonyl (C=O) groups is 1. The number of benzene rings is 2. The van der Waals surface area contributed by atoms with Gasteiger partial charge >= 0.3 is 0 Å². The molecule has 1 saturated heterocycles. The van der Waals surface area contributed by atoms with Crippen LogP contribution in [0.1, 0.15) is 22.3 Å². The molecule has 5 nitrogen and oxygen atoms in total. The van der Waals surface area contributed by atoms with Crippen LogP contribution in [-0.4, -0.2) is 37.6 Å². The van der Waals surface area contributed by atoms with E-state index >= 15 is 0 Å². The first kappa shape index (κ1) is 17.0. The van der Waals surface area contributed by atoms with Gasteiger partial charge in [-0.25, -0.2) is 0 Å². The van der Waals surface area contributed by atoms with E-state index in [0.29, 0.717) is 41.7 Å². The fourth-order valence-corrected chi connectivity index (χ4v) is 2.90. The fraction of sp³-hybridized carbons (Fsp3) is 0.300. The van der Waals surface area contributed by atoms with Crippen LogP contribution in [0.2, 0.25) is 0 Å². The minimum Gasteiger partial charge on any atom is -0.455 e. The largest absolute Gasteiger partial charge is 0.455 e. The van der Waals surface area contributed by atoms with Crippen molar-refractivity contribution in [1.29, 1.82) is 5.26 Å². The maximum Gasteiger partial charge on any atom is 0.257 e. The Kier molecular flexibility index (Phi) is 5.32. The predicted octanol–water partition coefficient (Wildman–Crippen LogP) is 3.46. The molecule has 1 amide bonds. The van der Waals surface area contributed by atoms with Crippen LogP contribution >= 0.6 is 0 Å². The van der Waals surface area contributed by atoms with Crippen molar-refractivity contribution in [1.82, 2.24) is 4.90 Å². The van der Waals surface area contributed by atoms with Crippen LogP contribution in [0.3, 0.4) is 0 Å². The topological polar surface area (TPSA) is 62.6 Å². The van der Waals surface area contributed by atoms with E-state index in [1.54, 1.807) is 48.3 Å². The molecule has 1 aliphatic heterocycles. The molecule has 1 unspecified atom stereocenters. The number of hydrogen-bond donors (Lipinski definition) is 0. The first-order valence-corrected chi connectivity index (χ1v) is 8.28. The van der Waals surface area contributed by atoms with Gasteiger partial charge in [-0.1, -0.05) is 24.3 Å². The van der Waals surface area contributed by atoms with Crippen LogP contribution in [0, 0.1) is 17.2 Å². The van der Waals surface area contributed by atoms with Crippen LogP contribution in [0.25, 0.3) is 0 Å². The molecule has 0 saturated carbocycles. The number of hydrogen-bond acceptors (Lipinski definition) is 4. The molecule has 1 atom stereocenters. The van der Waals surface area contributed by atoms with Crippen molar-refractivity contribution in [2.75, 3.05) is 26.8 Å². The average molecular weight is 336 g/mol. The highest BCUT2D eigenvalue weighted by molar-refractivity contribution is 5.96. The van der Waals surface area contributed by atoms with Gasteiger partial charge in [0.2, 0.25) is 0 Å². The monoisotopic (exact) mass is 336 g/mol. The minimum absolute atomic E-state index is 0.100. The summed E-state index contributed by atoms with van der Waals surface area (Å²) in [5.74, 6) is 1.17. The summed E-state index contributed by atoms with van der Waals surface area (Å²) >= 11 is 0. The third-order valence-corrected chi connectivity index (χ3v) is 4.25. The molecule has 0 spiro atoms. The summed E-state index contributed by atoms with van der Waals surface area (Å²) in [7, 11) is 1.79. The van der Waals surface area contributed by atoms with E-state index in [-0.39, 0.29) is 5.91 Å². The van der Waals surface area contributed by atoms with E-state index in [4.69, 9.17) is 9.47 Å². The molecule has 2 aromatic rings. The standard InChI is InChI=1S/C20H20N2O3/c1-22(13-15-10-11-24-14-15)20(23)17-7-3-5-9-19(17)25-18-8-4-2-6-16(18)12-21/h2-9,15H,10-11,13-14H2,1H3. The van der Waals surface area contributed by atoms with E-state index in [9.17, 15) is 10.1 Å². The summed E-state index contributed by atoms with van der Waals surface area (Å²) in [5.41, 5.74) is 0.915. The van der Waals surface area contributed by atoms with E-state index < -0.39 is 0 Å². The maximum absolute atomic E-state index is 12.8. The van der Waals surface area contributed by atoms with Gasteiger partial charge in [0, 0.05) is 26.1 Å². The summed E-state index contributed by atoms with van der Waals surface area (Å²) in [6.45, 7) is 2.12. The van der Waals surface area contributed by atoms with E-state index in [2.05, 4.69) is 6.07 Å². The number of amides is 1. The molecule has 1 aliphatic rings. The lowest BCUT2D eigenvalue weighted by Gasteiger charge is -2.21. The van der Waals surface area contributed by atoms with E-state index in [1.807, 2.05) is 12.1 Å². The quantitative estimate of drug-likeness (QED) is 0.839. The average Bonchev–Trinajstić information content (AvgIpc) is 3.15. The van der Waals surface area contributed by atoms with Crippen molar-refractivity contribution in [3.8, 4) is 17.6 Å². The van der Waals surface area contributed by atoms with Gasteiger partial charge in [0.15, 0.2) is 0 Å². The van der Waals surface area contributed by atoms with Gasteiger partial charge in [0.25, 0.3) is 5.91 Å². The highest BCUT2D eigenvalue weighted by Crippen LogP contribution is 2.28. The number of nitrogens with zero attached hydrogens (tertiary/aromatic N) is 2. The van der Waals surface area contributed by atoms with Gasteiger partial charge in [-0.05, 0) is 30.7 Å². The molecule has 0 N–H and O–H groups in total. The lowest BCUT2D eigenvalue weighted by atomic mass is 10.1. The first-order chi connectivity index (χ1) is 12.2. The highest BCUT2D eigenvalue weighted by atomic mass is 16.5. The van der Waals surface area contributed by atoms with Crippen molar-refractivity contribution >= 4 is 5.91 Å². The second-order valence-electron chi connectivity index (χ2n) is 6.12. The molecule has 0 aromatic heterocycles. The van der Waals surface area contributed by atoms with Gasteiger partial charge in [-0.3, -0.25) is 4.79 Å². The summed E-state index contributed by atoms with van der Waals surface area (Å²) in [5, 5.41) is 9.21. The maximum atomic E-state index is 12.8. The molecule has 0 radical (unpaired) electrons. The summed E-state index contributed by atoms with van der Waals surface area (Å²) in [6, 6.07) is 16.2. The molecular weight excluding hydrogens is 316 g/mol. The summed E-state index contributed by atoms with van der Waals surface area (Å²) in [6.07, 6.45) is 0.977. The van der Waals surface area contributed by atoms with Gasteiger partial charge in [0.1, 0.15) is 17.6 Å². The molecule has 1 fully saturated rings. The minimum atomic E-state index is -0.100. The third-order valence-electron chi connectivity index (χ3n) is 4.25. The van der Waals surface area contributed by atoms with Gasteiger partial charge in [-0.15, -0.1) is 0 Å². The highest BCUT2D eigenvalue weighted by Gasteiger charge is 2.23. The zero-order valence-electron chi connectivity index (χ0n) is 14.1. The van der Waals surface area contributed by atoms with Crippen LogP contribution in [0.4, 0.5) is 0 Å². The fourth-order valence-electron chi connectivity index (χ4n) is 2.90. The van der Waals surface area contributed by atoms with Crippen LogP contribution < -0.4 is 4.74 Å². The molecule has 5 heteroatoms. The second-order valence-corrected chi connectivity index (χ2v) is 6.12. The Morgan fingerprint density at radius 1 is 1.24 bits per heavy atom. The molecule has 128 valence electrons. The molecule has 0 bridgehead atoms. The number of para-hydroxylation sites is 2. The second kappa shape index (κ2) is 7.82. The predicted molar refractivity (Wildman–Crippen MR) is 93.6 cm³/mol.